The van der Waals surface area contributed by atoms with Crippen LogP contribution < -0.4 is 20.1 Å². The molecule has 7 rings (SSSR count). The van der Waals surface area contributed by atoms with E-state index in [1.165, 1.54) is 32.8 Å². The van der Waals surface area contributed by atoms with Gasteiger partial charge in [0.15, 0.2) is 5.65 Å². The van der Waals surface area contributed by atoms with Crippen LogP contribution in [-0.4, -0.2) is 59.9 Å². The molecule has 2 saturated heterocycles. The molecule has 2 aliphatic rings. The smallest absolute Gasteiger partial charge is 0.414 e. The molecule has 1 amide bonds. The lowest BCUT2D eigenvalue weighted by Crippen LogP contribution is -2.37. The largest absolute Gasteiger partial charge is 0.481 e. The molecule has 10 nitrogen and oxygen atoms in total. The van der Waals surface area contributed by atoms with Crippen molar-refractivity contribution in [3.8, 4) is 16.5 Å². The van der Waals surface area contributed by atoms with E-state index in [0.717, 1.165) is 21.7 Å². The Kier molecular flexibility index (Phi) is 7.67. The minimum absolute atomic E-state index is 0.0584. The Hall–Kier alpha value is -4.81. The summed E-state index contributed by atoms with van der Waals surface area (Å²) in [6, 6.07) is 17.8. The summed E-state index contributed by atoms with van der Waals surface area (Å²) >= 11 is 1.38. The number of amides is 1. The maximum absolute atomic E-state index is 14.3. The Bertz CT molecular complexity index is 1870. The summed E-state index contributed by atoms with van der Waals surface area (Å²) in [6.07, 6.45) is 3.51. The van der Waals surface area contributed by atoms with E-state index in [2.05, 4.69) is 9.88 Å². The van der Waals surface area contributed by atoms with Gasteiger partial charge >= 0.3 is 11.7 Å². The molecule has 0 atom stereocenters. The summed E-state index contributed by atoms with van der Waals surface area (Å²) in [6.45, 7) is 3.12. The number of pyridine rings is 1. The van der Waals surface area contributed by atoms with Gasteiger partial charge in [-0.1, -0.05) is 42.5 Å². The number of aromatic nitrogens is 3. The number of rotatable bonds is 8. The maximum atomic E-state index is 14.3. The first-order valence-electron chi connectivity index (χ1n) is 14.3. The summed E-state index contributed by atoms with van der Waals surface area (Å²) < 4.78 is 31.9. The Morgan fingerprint density at radius 1 is 0.955 bits per heavy atom. The fraction of sp³-hybridized carbons (Fsp3) is 0.250. The zero-order valence-corrected chi connectivity index (χ0v) is 24.5. The van der Waals surface area contributed by atoms with Crippen LogP contribution in [-0.2, 0) is 22.5 Å². The van der Waals surface area contributed by atoms with Crippen molar-refractivity contribution in [3.63, 3.8) is 0 Å². The van der Waals surface area contributed by atoms with Gasteiger partial charge in [0.2, 0.25) is 5.75 Å². The van der Waals surface area contributed by atoms with Crippen molar-refractivity contribution < 1.29 is 23.4 Å². The van der Waals surface area contributed by atoms with Gasteiger partial charge in [0, 0.05) is 36.8 Å². The third-order valence-corrected chi connectivity index (χ3v) is 8.55. The first kappa shape index (κ1) is 28.0. The SMILES string of the molecule is O=C1OCCN1c1cc(N2CCOCC2)cn2c(=O)c(OCc3ccccc3)c(-c3ncc(Cc4ccc(F)cc4)s3)nc12. The van der Waals surface area contributed by atoms with Gasteiger partial charge in [-0.15, -0.1) is 11.3 Å². The van der Waals surface area contributed by atoms with E-state index >= 15 is 0 Å². The molecule has 2 fully saturated rings. The van der Waals surface area contributed by atoms with Gasteiger partial charge in [-0.2, -0.15) is 0 Å². The van der Waals surface area contributed by atoms with E-state index in [9.17, 15) is 14.0 Å². The second-order valence-corrected chi connectivity index (χ2v) is 11.6. The Labute approximate surface area is 255 Å². The van der Waals surface area contributed by atoms with Crippen LogP contribution in [0.25, 0.3) is 16.3 Å². The van der Waals surface area contributed by atoms with Crippen LogP contribution in [0.4, 0.5) is 20.6 Å². The normalized spacial score (nSPS) is 15.2. The number of halogens is 1. The number of anilines is 2. The van der Waals surface area contributed by atoms with Gasteiger partial charge in [0.1, 0.15) is 29.7 Å². The topological polar surface area (TPSA) is 98.5 Å². The molecular formula is C32H28FN5O5S. The lowest BCUT2D eigenvalue weighted by Gasteiger charge is -2.30. The predicted octanol–water partition coefficient (Wildman–Crippen LogP) is 4.92. The highest BCUT2D eigenvalue weighted by atomic mass is 32.1. The highest BCUT2D eigenvalue weighted by Crippen LogP contribution is 2.35. The van der Waals surface area contributed by atoms with Gasteiger partial charge < -0.3 is 19.1 Å². The zero-order valence-electron chi connectivity index (χ0n) is 23.6. The third-order valence-electron chi connectivity index (χ3n) is 7.55. The van der Waals surface area contributed by atoms with Crippen molar-refractivity contribution in [2.75, 3.05) is 49.3 Å². The second-order valence-electron chi connectivity index (χ2n) is 10.4. The third kappa shape index (κ3) is 5.61. The maximum Gasteiger partial charge on any atom is 0.414 e. The number of thiazole rings is 1. The fourth-order valence-corrected chi connectivity index (χ4v) is 6.24. The minimum Gasteiger partial charge on any atom is -0.481 e. The van der Waals surface area contributed by atoms with Crippen LogP contribution >= 0.6 is 11.3 Å². The molecule has 5 heterocycles. The van der Waals surface area contributed by atoms with Crippen LogP contribution in [0.1, 0.15) is 16.0 Å². The highest BCUT2D eigenvalue weighted by Gasteiger charge is 2.30. The Morgan fingerprint density at radius 2 is 1.75 bits per heavy atom. The zero-order chi connectivity index (χ0) is 30.0. The van der Waals surface area contributed by atoms with Gasteiger partial charge in [0.25, 0.3) is 0 Å². The van der Waals surface area contributed by atoms with Crippen LogP contribution in [0.5, 0.6) is 5.75 Å². The van der Waals surface area contributed by atoms with Gasteiger partial charge in [-0.05, 0) is 29.3 Å². The lowest BCUT2D eigenvalue weighted by atomic mass is 10.1. The van der Waals surface area contributed by atoms with Crippen LogP contribution in [0.15, 0.2) is 77.9 Å². The van der Waals surface area contributed by atoms with Gasteiger partial charge in [-0.3, -0.25) is 14.1 Å². The van der Waals surface area contributed by atoms with E-state index in [-0.39, 0.29) is 30.5 Å². The van der Waals surface area contributed by atoms with E-state index in [0.29, 0.717) is 55.6 Å². The number of carbonyl (C=O) groups excluding carboxylic acids is 1. The lowest BCUT2D eigenvalue weighted by molar-refractivity contribution is 0.122. The first-order valence-corrected chi connectivity index (χ1v) is 15.1. The molecule has 2 aliphatic heterocycles. The van der Waals surface area contributed by atoms with Crippen molar-refractivity contribution in [2.45, 2.75) is 13.0 Å². The molecule has 0 spiro atoms. The van der Waals surface area contributed by atoms with E-state index < -0.39 is 11.7 Å². The number of nitrogens with zero attached hydrogens (tertiary/aromatic N) is 5. The highest BCUT2D eigenvalue weighted by molar-refractivity contribution is 7.15. The number of benzene rings is 2. The van der Waals surface area contributed by atoms with Gasteiger partial charge in [-0.25, -0.2) is 19.2 Å². The molecule has 0 saturated carbocycles. The van der Waals surface area contributed by atoms with Crippen LogP contribution in [0, 0.1) is 5.82 Å². The molecule has 5 aromatic rings. The van der Waals surface area contributed by atoms with Crippen LogP contribution in [0.3, 0.4) is 0 Å². The molecule has 3 aromatic heterocycles. The van der Waals surface area contributed by atoms with Crippen molar-refractivity contribution in [2.24, 2.45) is 0 Å². The summed E-state index contributed by atoms with van der Waals surface area (Å²) in [5.41, 5.74) is 3.21. The van der Waals surface area contributed by atoms with Crippen molar-refractivity contribution in [1.29, 1.82) is 0 Å². The average Bonchev–Trinajstić information content (AvgIpc) is 3.71. The van der Waals surface area contributed by atoms with Crippen LogP contribution in [0.2, 0.25) is 0 Å². The number of carbonyl (C=O) groups is 1. The summed E-state index contributed by atoms with van der Waals surface area (Å²) in [5.74, 6) is -0.239. The Balaban J connectivity index is 1.37. The van der Waals surface area contributed by atoms with E-state index in [1.54, 1.807) is 24.5 Å². The standard InChI is InChI=1S/C32H28FN5O5S/c33-23-8-6-21(7-9-23)16-25-18-34-30(44-25)27-28(43-20-22-4-2-1-3-5-22)31(39)38-19-24(36-10-13-41-14-11-36)17-26(29(38)35-27)37-12-15-42-32(37)40/h1-9,17-19H,10-16,20H2. The summed E-state index contributed by atoms with van der Waals surface area (Å²) in [7, 11) is 0. The van der Waals surface area contributed by atoms with E-state index in [4.69, 9.17) is 19.2 Å². The second kappa shape index (κ2) is 12.1. The molecule has 0 bridgehead atoms. The molecule has 12 heteroatoms. The molecule has 44 heavy (non-hydrogen) atoms. The minimum atomic E-state index is -0.498. The molecule has 0 aliphatic carbocycles. The summed E-state index contributed by atoms with van der Waals surface area (Å²) in [5, 5.41) is 0.497. The van der Waals surface area contributed by atoms with Crippen molar-refractivity contribution >= 4 is 34.5 Å². The molecule has 0 N–H and O–H groups in total. The molecule has 2 aromatic carbocycles. The first-order chi connectivity index (χ1) is 21.5. The summed E-state index contributed by atoms with van der Waals surface area (Å²) in [4.78, 5) is 41.2. The molecule has 0 unspecified atom stereocenters. The van der Waals surface area contributed by atoms with Crippen molar-refractivity contribution in [3.05, 3.63) is 105 Å². The fourth-order valence-electron chi connectivity index (χ4n) is 5.30. The van der Waals surface area contributed by atoms with E-state index in [1.807, 2.05) is 36.4 Å². The van der Waals surface area contributed by atoms with Gasteiger partial charge in [0.05, 0.1) is 31.1 Å². The molecular weight excluding hydrogens is 585 g/mol. The monoisotopic (exact) mass is 613 g/mol. The van der Waals surface area contributed by atoms with Crippen molar-refractivity contribution in [1.82, 2.24) is 14.4 Å². The quantitative estimate of drug-likeness (QED) is 0.243. The number of morpholine rings is 1. The predicted molar refractivity (Wildman–Crippen MR) is 164 cm³/mol. The number of ether oxygens (including phenoxy) is 3. The number of cyclic esters (lactones) is 1. The number of hydrogen-bond donors (Lipinski definition) is 0. The Morgan fingerprint density at radius 3 is 2.50 bits per heavy atom. The number of fused-ring (bicyclic) bond motifs is 1. The molecule has 0 radical (unpaired) electrons. The number of hydrogen-bond acceptors (Lipinski definition) is 9. The molecule has 224 valence electrons. The average molecular weight is 614 g/mol.